The maximum atomic E-state index is 12.5. The van der Waals surface area contributed by atoms with Crippen molar-refractivity contribution < 1.29 is 14.1 Å². The summed E-state index contributed by atoms with van der Waals surface area (Å²) >= 11 is 0. The van der Waals surface area contributed by atoms with Crippen molar-refractivity contribution in [2.45, 2.75) is 51.7 Å². The van der Waals surface area contributed by atoms with E-state index in [2.05, 4.69) is 10.1 Å². The second-order valence-corrected chi connectivity index (χ2v) is 6.97. The van der Waals surface area contributed by atoms with Crippen LogP contribution in [0.4, 0.5) is 0 Å². The van der Waals surface area contributed by atoms with Gasteiger partial charge in [-0.2, -0.15) is 4.98 Å². The van der Waals surface area contributed by atoms with Crippen molar-refractivity contribution in [3.8, 4) is 5.75 Å². The summed E-state index contributed by atoms with van der Waals surface area (Å²) in [6.07, 6.45) is 5.07. The lowest BCUT2D eigenvalue weighted by Gasteiger charge is -2.33. The molecule has 1 saturated carbocycles. The molecule has 2 heterocycles. The highest BCUT2D eigenvalue weighted by Gasteiger charge is 2.39. The monoisotopic (exact) mass is 341 g/mol. The third-order valence-corrected chi connectivity index (χ3v) is 4.88. The van der Waals surface area contributed by atoms with Crippen LogP contribution in [0.5, 0.6) is 5.75 Å². The Kier molecular flexibility index (Phi) is 4.42. The van der Waals surface area contributed by atoms with E-state index < -0.39 is 0 Å². The van der Waals surface area contributed by atoms with Gasteiger partial charge in [0.2, 0.25) is 5.91 Å². The van der Waals surface area contributed by atoms with Gasteiger partial charge in [-0.15, -0.1) is 0 Å². The standard InChI is InChI=1S/C19H23N3O3/c1-13-5-9-15(10-6-13)24-12-17-20-18(21-25-17)16-4-2-3-11-22(16)19(23)14-7-8-14/h5-6,9-10,14,16H,2-4,7-8,11-12H2,1H3. The third kappa shape index (κ3) is 3.67. The number of rotatable bonds is 5. The highest BCUT2D eigenvalue weighted by atomic mass is 16.5. The van der Waals surface area contributed by atoms with Crippen LogP contribution >= 0.6 is 0 Å². The molecule has 1 aliphatic heterocycles. The fourth-order valence-corrected chi connectivity index (χ4v) is 3.27. The SMILES string of the molecule is Cc1ccc(OCc2nc(C3CCCCN3C(=O)C3CC3)no2)cc1. The van der Waals surface area contributed by atoms with Crippen molar-refractivity contribution in [2.24, 2.45) is 5.92 Å². The zero-order valence-corrected chi connectivity index (χ0v) is 14.5. The topological polar surface area (TPSA) is 68.5 Å². The predicted molar refractivity (Wildman–Crippen MR) is 90.8 cm³/mol. The van der Waals surface area contributed by atoms with Gasteiger partial charge in [-0.3, -0.25) is 4.79 Å². The lowest BCUT2D eigenvalue weighted by atomic mass is 10.0. The molecule has 1 aromatic carbocycles. The molecule has 1 aromatic heterocycles. The summed E-state index contributed by atoms with van der Waals surface area (Å²) < 4.78 is 11.0. The molecule has 1 amide bonds. The summed E-state index contributed by atoms with van der Waals surface area (Å²) in [7, 11) is 0. The first kappa shape index (κ1) is 16.1. The van der Waals surface area contributed by atoms with Crippen LogP contribution in [0.15, 0.2) is 28.8 Å². The van der Waals surface area contributed by atoms with E-state index in [9.17, 15) is 4.79 Å². The summed E-state index contributed by atoms with van der Waals surface area (Å²) in [5, 5.41) is 4.12. The molecule has 1 aliphatic carbocycles. The second kappa shape index (κ2) is 6.86. The average molecular weight is 341 g/mol. The number of hydrogen-bond acceptors (Lipinski definition) is 5. The minimum absolute atomic E-state index is 0.0567. The number of carbonyl (C=O) groups is 1. The Bertz CT molecular complexity index is 737. The van der Waals surface area contributed by atoms with Crippen LogP contribution in [-0.4, -0.2) is 27.5 Å². The Morgan fingerprint density at radius 2 is 2.04 bits per heavy atom. The van der Waals surface area contributed by atoms with Crippen molar-refractivity contribution in [2.75, 3.05) is 6.54 Å². The summed E-state index contributed by atoms with van der Waals surface area (Å²) in [5.41, 5.74) is 1.19. The van der Waals surface area contributed by atoms with Crippen LogP contribution in [0.3, 0.4) is 0 Å². The zero-order valence-electron chi connectivity index (χ0n) is 14.5. The largest absolute Gasteiger partial charge is 0.484 e. The quantitative estimate of drug-likeness (QED) is 0.833. The molecule has 2 fully saturated rings. The normalized spacial score (nSPS) is 20.5. The number of hydrogen-bond donors (Lipinski definition) is 0. The molecule has 1 saturated heterocycles. The number of piperidine rings is 1. The Morgan fingerprint density at radius 1 is 1.24 bits per heavy atom. The summed E-state index contributed by atoms with van der Waals surface area (Å²) in [6, 6.07) is 7.78. The number of aryl methyl sites for hydroxylation is 1. The van der Waals surface area contributed by atoms with Crippen molar-refractivity contribution in [3.63, 3.8) is 0 Å². The van der Waals surface area contributed by atoms with Gasteiger partial charge < -0.3 is 14.2 Å². The van der Waals surface area contributed by atoms with Crippen LogP contribution < -0.4 is 4.74 Å². The molecule has 1 unspecified atom stereocenters. The van der Waals surface area contributed by atoms with E-state index in [0.717, 1.165) is 44.4 Å². The summed E-state index contributed by atoms with van der Waals surface area (Å²) in [6.45, 7) is 3.07. The molecule has 0 radical (unpaired) electrons. The van der Waals surface area contributed by atoms with Gasteiger partial charge in [-0.05, 0) is 51.2 Å². The molecular formula is C19H23N3O3. The molecule has 0 spiro atoms. The van der Waals surface area contributed by atoms with Crippen LogP contribution in [0, 0.1) is 12.8 Å². The van der Waals surface area contributed by atoms with Crippen LogP contribution in [0.2, 0.25) is 0 Å². The molecule has 1 atom stereocenters. The number of ether oxygens (including phenoxy) is 1. The maximum Gasteiger partial charge on any atom is 0.264 e. The number of benzene rings is 1. The van der Waals surface area contributed by atoms with Crippen LogP contribution in [0.25, 0.3) is 0 Å². The summed E-state index contributed by atoms with van der Waals surface area (Å²) in [4.78, 5) is 18.9. The minimum atomic E-state index is -0.0567. The Balaban J connectivity index is 1.42. The Morgan fingerprint density at radius 3 is 2.80 bits per heavy atom. The first-order valence-corrected chi connectivity index (χ1v) is 9.03. The van der Waals surface area contributed by atoms with Crippen molar-refractivity contribution in [3.05, 3.63) is 41.5 Å². The van der Waals surface area contributed by atoms with E-state index in [1.54, 1.807) is 0 Å². The number of carbonyl (C=O) groups excluding carboxylic acids is 1. The van der Waals surface area contributed by atoms with Gasteiger partial charge in [0.25, 0.3) is 5.89 Å². The van der Waals surface area contributed by atoms with Crippen molar-refractivity contribution in [1.29, 1.82) is 0 Å². The molecule has 0 bridgehead atoms. The molecule has 4 rings (SSSR count). The summed E-state index contributed by atoms with van der Waals surface area (Å²) in [5.74, 6) is 2.30. The van der Waals surface area contributed by atoms with E-state index in [4.69, 9.17) is 9.26 Å². The van der Waals surface area contributed by atoms with Gasteiger partial charge in [0.1, 0.15) is 5.75 Å². The zero-order chi connectivity index (χ0) is 17.2. The number of amides is 1. The predicted octanol–water partition coefficient (Wildman–Crippen LogP) is 3.42. The first-order valence-electron chi connectivity index (χ1n) is 9.03. The number of nitrogens with zero attached hydrogens (tertiary/aromatic N) is 3. The van der Waals surface area contributed by atoms with Gasteiger partial charge in [0.15, 0.2) is 12.4 Å². The van der Waals surface area contributed by atoms with Crippen LogP contribution in [0.1, 0.15) is 55.4 Å². The highest BCUT2D eigenvalue weighted by molar-refractivity contribution is 5.81. The third-order valence-electron chi connectivity index (χ3n) is 4.88. The van der Waals surface area contributed by atoms with Crippen LogP contribution in [-0.2, 0) is 11.4 Å². The molecule has 6 heteroatoms. The van der Waals surface area contributed by atoms with Gasteiger partial charge in [0.05, 0.1) is 6.04 Å². The number of aromatic nitrogens is 2. The van der Waals surface area contributed by atoms with E-state index in [0.29, 0.717) is 11.7 Å². The number of likely N-dealkylation sites (tertiary alicyclic amines) is 1. The van der Waals surface area contributed by atoms with Gasteiger partial charge in [-0.25, -0.2) is 0 Å². The van der Waals surface area contributed by atoms with Gasteiger partial charge in [0, 0.05) is 12.5 Å². The second-order valence-electron chi connectivity index (χ2n) is 6.97. The molecule has 2 aliphatic rings. The maximum absolute atomic E-state index is 12.5. The molecule has 25 heavy (non-hydrogen) atoms. The van der Waals surface area contributed by atoms with E-state index in [1.165, 1.54) is 5.56 Å². The smallest absolute Gasteiger partial charge is 0.264 e. The minimum Gasteiger partial charge on any atom is -0.484 e. The molecule has 6 nitrogen and oxygen atoms in total. The lowest BCUT2D eigenvalue weighted by Crippen LogP contribution is -2.39. The van der Waals surface area contributed by atoms with Gasteiger partial charge >= 0.3 is 0 Å². The fourth-order valence-electron chi connectivity index (χ4n) is 3.27. The molecule has 132 valence electrons. The highest BCUT2D eigenvalue weighted by Crippen LogP contribution is 2.37. The molecular weight excluding hydrogens is 318 g/mol. The molecule has 2 aromatic rings. The first-order chi connectivity index (χ1) is 12.2. The fraction of sp³-hybridized carbons (Fsp3) is 0.526. The van der Waals surface area contributed by atoms with Gasteiger partial charge in [-0.1, -0.05) is 22.9 Å². The average Bonchev–Trinajstić information content (AvgIpc) is 3.39. The van der Waals surface area contributed by atoms with E-state index >= 15 is 0 Å². The van der Waals surface area contributed by atoms with Crippen molar-refractivity contribution in [1.82, 2.24) is 15.0 Å². The van der Waals surface area contributed by atoms with E-state index in [-0.39, 0.29) is 24.5 Å². The Hall–Kier alpha value is -2.37. The van der Waals surface area contributed by atoms with Crippen molar-refractivity contribution >= 4 is 5.91 Å². The molecule has 0 N–H and O–H groups in total. The lowest BCUT2D eigenvalue weighted by molar-refractivity contribution is -0.136. The van der Waals surface area contributed by atoms with E-state index in [1.807, 2.05) is 36.1 Å². The Labute approximate surface area is 147 Å².